The maximum atomic E-state index is 15.0. The fourth-order valence-corrected chi connectivity index (χ4v) is 9.82. The molecule has 5 rings (SSSR count). The summed E-state index contributed by atoms with van der Waals surface area (Å²) in [6.07, 6.45) is 4.86. The molecule has 3 aliphatic heterocycles. The number of anilines is 1. The molecule has 2 bridgehead atoms. The molecule has 234 valence electrons. The number of fused-ring (bicyclic) bond motifs is 1. The molecule has 3 saturated heterocycles. The number of aliphatic hydroxyl groups excluding tert-OH is 1. The predicted molar refractivity (Wildman–Crippen MR) is 177 cm³/mol. The van der Waals surface area contributed by atoms with Crippen molar-refractivity contribution in [2.45, 2.75) is 69.2 Å². The van der Waals surface area contributed by atoms with Crippen molar-refractivity contribution < 1.29 is 19.5 Å². The zero-order valence-electron chi connectivity index (χ0n) is 26.3. The highest BCUT2D eigenvalue weighted by Crippen LogP contribution is 2.67. The second-order valence-electron chi connectivity index (χ2n) is 12.8. The topological polar surface area (TPSA) is 81.2 Å². The second-order valence-corrected chi connectivity index (χ2v) is 14.4. The van der Waals surface area contributed by atoms with Crippen molar-refractivity contribution in [3.05, 3.63) is 90.5 Å². The molecule has 3 heterocycles. The van der Waals surface area contributed by atoms with Gasteiger partial charge in [-0.2, -0.15) is 0 Å². The lowest BCUT2D eigenvalue weighted by atomic mass is 9.70. The van der Waals surface area contributed by atoms with E-state index in [1.54, 1.807) is 38.6 Å². The second kappa shape index (κ2) is 12.9. The van der Waals surface area contributed by atoms with E-state index in [0.29, 0.717) is 19.5 Å². The number of hydrogen-bond donors (Lipinski definition) is 1. The van der Waals surface area contributed by atoms with Crippen molar-refractivity contribution in [1.29, 1.82) is 0 Å². The van der Waals surface area contributed by atoms with Gasteiger partial charge in [0.1, 0.15) is 6.04 Å². The van der Waals surface area contributed by atoms with Gasteiger partial charge in [0.25, 0.3) is 5.91 Å². The summed E-state index contributed by atoms with van der Waals surface area (Å²) in [7, 11) is 0. The zero-order valence-corrected chi connectivity index (χ0v) is 27.1. The van der Waals surface area contributed by atoms with Gasteiger partial charge in [-0.05, 0) is 55.4 Å². The molecule has 2 aromatic rings. The van der Waals surface area contributed by atoms with Gasteiger partial charge in [-0.3, -0.25) is 14.4 Å². The van der Waals surface area contributed by atoms with Gasteiger partial charge in [-0.1, -0.05) is 68.5 Å². The summed E-state index contributed by atoms with van der Waals surface area (Å²) in [5.41, 5.74) is 3.78. The highest BCUT2D eigenvalue weighted by molar-refractivity contribution is 8.02. The largest absolute Gasteiger partial charge is 0.394 e. The first-order chi connectivity index (χ1) is 21.1. The van der Waals surface area contributed by atoms with Crippen molar-refractivity contribution in [3.8, 4) is 0 Å². The molecule has 44 heavy (non-hydrogen) atoms. The van der Waals surface area contributed by atoms with Crippen molar-refractivity contribution in [1.82, 2.24) is 9.80 Å². The highest BCUT2D eigenvalue weighted by Gasteiger charge is 2.74. The van der Waals surface area contributed by atoms with Gasteiger partial charge in [-0.15, -0.1) is 24.9 Å². The maximum absolute atomic E-state index is 15.0. The van der Waals surface area contributed by atoms with Crippen molar-refractivity contribution in [3.63, 3.8) is 0 Å². The number of nitrogens with zero attached hydrogens (tertiary/aromatic N) is 3. The zero-order chi connectivity index (χ0) is 31.8. The van der Waals surface area contributed by atoms with E-state index in [4.69, 9.17) is 0 Å². The Hall–Kier alpha value is -3.36. The van der Waals surface area contributed by atoms with Crippen LogP contribution in [-0.4, -0.2) is 74.4 Å². The molecule has 3 fully saturated rings. The average molecular weight is 616 g/mol. The van der Waals surface area contributed by atoms with Crippen LogP contribution in [0, 0.1) is 31.6 Å². The maximum Gasteiger partial charge on any atom is 0.251 e. The van der Waals surface area contributed by atoms with E-state index in [1.165, 1.54) is 0 Å². The van der Waals surface area contributed by atoms with Crippen molar-refractivity contribution in [2.24, 2.45) is 17.8 Å². The third-order valence-electron chi connectivity index (χ3n) is 9.68. The Kier molecular flexibility index (Phi) is 9.42. The Bertz CT molecular complexity index is 1430. The van der Waals surface area contributed by atoms with Crippen LogP contribution in [0.25, 0.3) is 0 Å². The van der Waals surface area contributed by atoms with Crippen LogP contribution in [0.1, 0.15) is 43.4 Å². The first kappa shape index (κ1) is 32.0. The van der Waals surface area contributed by atoms with E-state index in [-0.39, 0.29) is 42.0 Å². The Balaban J connectivity index is 1.59. The van der Waals surface area contributed by atoms with E-state index in [9.17, 15) is 19.5 Å². The summed E-state index contributed by atoms with van der Waals surface area (Å²) in [5.74, 6) is -1.72. The van der Waals surface area contributed by atoms with E-state index < -0.39 is 28.7 Å². The summed E-state index contributed by atoms with van der Waals surface area (Å²) >= 11 is 1.66. The third-order valence-corrected chi connectivity index (χ3v) is 11.6. The molecule has 2 unspecified atom stereocenters. The molecule has 0 aliphatic carbocycles. The lowest BCUT2D eigenvalue weighted by molar-refractivity contribution is -0.146. The van der Waals surface area contributed by atoms with Gasteiger partial charge >= 0.3 is 0 Å². The average Bonchev–Trinajstić information content (AvgIpc) is 3.65. The number of amides is 3. The molecule has 7 nitrogen and oxygen atoms in total. The molecule has 2 aromatic carbocycles. The van der Waals surface area contributed by atoms with E-state index >= 15 is 0 Å². The van der Waals surface area contributed by atoms with Gasteiger partial charge in [0, 0.05) is 30.6 Å². The fourth-order valence-electron chi connectivity index (χ4n) is 7.63. The highest BCUT2D eigenvalue weighted by atomic mass is 32.2. The van der Waals surface area contributed by atoms with Crippen LogP contribution in [0.3, 0.4) is 0 Å². The number of carbonyl (C=O) groups is 3. The van der Waals surface area contributed by atoms with Crippen LogP contribution in [-0.2, 0) is 20.9 Å². The number of benzene rings is 2. The quantitative estimate of drug-likeness (QED) is 0.335. The Morgan fingerprint density at radius 2 is 1.80 bits per heavy atom. The van der Waals surface area contributed by atoms with Gasteiger partial charge < -0.3 is 19.8 Å². The van der Waals surface area contributed by atoms with E-state index in [1.807, 2.05) is 76.2 Å². The van der Waals surface area contributed by atoms with Crippen LogP contribution in [0.15, 0.2) is 73.8 Å². The van der Waals surface area contributed by atoms with Crippen molar-refractivity contribution >= 4 is 35.2 Å². The fraction of sp³-hybridized carbons (Fsp3) is 0.472. The van der Waals surface area contributed by atoms with Crippen molar-refractivity contribution in [2.75, 3.05) is 24.6 Å². The minimum Gasteiger partial charge on any atom is -0.394 e. The van der Waals surface area contributed by atoms with E-state index in [2.05, 4.69) is 13.2 Å². The van der Waals surface area contributed by atoms with Crippen LogP contribution >= 0.6 is 11.8 Å². The minimum absolute atomic E-state index is 0.0582. The van der Waals surface area contributed by atoms with Gasteiger partial charge in [0.2, 0.25) is 11.8 Å². The standard InChI is InChI=1S/C36H45N3O4S/c1-7-18-37(21-26-12-10-9-11-13-26)33(41)30-29-16-17-36(44-29)31(30)34(42)39(28(22-40)23(3)4)32(36)35(43)38(19-8-2)27-20-24(5)14-15-25(27)6/h7-15,20,23,28-32,40H,1-2,16-19,21-22H2,3-6H3/t28-,29-,30+,31-,32?,36?/m0/s1. The molecule has 8 heteroatoms. The van der Waals surface area contributed by atoms with Crippen LogP contribution < -0.4 is 4.90 Å². The Morgan fingerprint density at radius 1 is 1.09 bits per heavy atom. The molecular formula is C36H45N3O4S. The van der Waals surface area contributed by atoms with Gasteiger partial charge in [0.15, 0.2) is 0 Å². The summed E-state index contributed by atoms with van der Waals surface area (Å²) in [5, 5.41) is 10.6. The van der Waals surface area contributed by atoms with Crippen LogP contribution in [0.5, 0.6) is 0 Å². The number of hydrogen-bond acceptors (Lipinski definition) is 5. The number of rotatable bonds is 12. The smallest absolute Gasteiger partial charge is 0.251 e. The molecule has 0 aromatic heterocycles. The third kappa shape index (κ3) is 5.40. The molecule has 1 spiro atoms. The number of aliphatic hydroxyl groups is 1. The molecule has 6 atom stereocenters. The Morgan fingerprint density at radius 3 is 2.43 bits per heavy atom. The molecule has 0 saturated carbocycles. The van der Waals surface area contributed by atoms with E-state index in [0.717, 1.165) is 28.8 Å². The summed E-state index contributed by atoms with van der Waals surface area (Å²) in [6.45, 7) is 16.6. The molecular weight excluding hydrogens is 570 g/mol. The lowest BCUT2D eigenvalue weighted by Gasteiger charge is -2.41. The minimum atomic E-state index is -0.811. The van der Waals surface area contributed by atoms with Crippen LogP contribution in [0.2, 0.25) is 0 Å². The summed E-state index contributed by atoms with van der Waals surface area (Å²) in [4.78, 5) is 49.3. The first-order valence-electron chi connectivity index (χ1n) is 15.6. The van der Waals surface area contributed by atoms with Gasteiger partial charge in [-0.25, -0.2) is 0 Å². The number of thioether (sulfide) groups is 1. The lowest BCUT2D eigenvalue weighted by Crippen LogP contribution is -2.58. The monoisotopic (exact) mass is 615 g/mol. The molecule has 3 amide bonds. The number of aryl methyl sites for hydroxylation is 2. The predicted octanol–water partition coefficient (Wildman–Crippen LogP) is 5.15. The first-order valence-corrected chi connectivity index (χ1v) is 16.5. The van der Waals surface area contributed by atoms with Gasteiger partial charge in [0.05, 0.1) is 29.2 Å². The summed E-state index contributed by atoms with van der Waals surface area (Å²) < 4.78 is -0.759. The molecule has 1 N–H and O–H groups in total. The van der Waals surface area contributed by atoms with Crippen LogP contribution in [0.4, 0.5) is 5.69 Å². The normalized spacial score (nSPS) is 26.0. The number of likely N-dealkylation sites (tertiary alicyclic amines) is 1. The molecule has 0 radical (unpaired) electrons. The molecule has 3 aliphatic rings. The number of carbonyl (C=O) groups excluding carboxylic acids is 3. The summed E-state index contributed by atoms with van der Waals surface area (Å²) in [6, 6.07) is 14.5. The Labute approximate surface area is 266 Å². The SMILES string of the molecule is C=CCN(Cc1ccccc1)C(=O)[C@@H]1[C@@H]2CCC3(S2)C(C(=O)N(CC=C)c2cc(C)ccc2C)N([C@@H](CO)C(C)C)C(=O)[C@H]13.